The molecule has 246 valence electrons. The summed E-state index contributed by atoms with van der Waals surface area (Å²) in [6, 6.07) is 21.3. The first kappa shape index (κ1) is 31.5. The van der Waals surface area contributed by atoms with Crippen molar-refractivity contribution in [1.29, 1.82) is 0 Å². The zero-order chi connectivity index (χ0) is 33.4. The second-order valence-corrected chi connectivity index (χ2v) is 13.6. The Kier molecular flexibility index (Phi) is 8.42. The number of hydrogen-bond acceptors (Lipinski definition) is 8. The first-order chi connectivity index (χ1) is 23.1. The lowest BCUT2D eigenvalue weighted by atomic mass is 9.84. The molecule has 0 radical (unpaired) electrons. The molecule has 0 spiro atoms. The Hall–Kier alpha value is -5.10. The maximum atomic E-state index is 13.8. The highest BCUT2D eigenvalue weighted by molar-refractivity contribution is 7.07. The van der Waals surface area contributed by atoms with Crippen LogP contribution in [0.5, 0.6) is 5.88 Å². The molecule has 2 aliphatic rings. The van der Waals surface area contributed by atoms with Crippen molar-refractivity contribution in [1.82, 2.24) is 30.0 Å². The predicted octanol–water partition coefficient (Wildman–Crippen LogP) is 6.10. The third kappa shape index (κ3) is 6.66. The van der Waals surface area contributed by atoms with E-state index >= 15 is 0 Å². The Morgan fingerprint density at radius 3 is 2.46 bits per heavy atom. The summed E-state index contributed by atoms with van der Waals surface area (Å²) < 4.78 is 27.3. The molecule has 10 nitrogen and oxygen atoms in total. The van der Waals surface area contributed by atoms with Crippen LogP contribution in [-0.4, -0.2) is 62.4 Å². The number of aromatic nitrogens is 4. The fourth-order valence-electron chi connectivity index (χ4n) is 6.14. The molecular formula is C36H35FN6O4S. The number of rotatable bonds is 10. The molecule has 1 aliphatic heterocycles. The Balaban J connectivity index is 1.03. The van der Waals surface area contributed by atoms with Crippen LogP contribution in [0.25, 0.3) is 22.6 Å². The van der Waals surface area contributed by atoms with Gasteiger partial charge in [0.15, 0.2) is 0 Å². The van der Waals surface area contributed by atoms with Gasteiger partial charge in [0.25, 0.3) is 5.91 Å². The van der Waals surface area contributed by atoms with Gasteiger partial charge in [-0.2, -0.15) is 5.10 Å². The minimum Gasteiger partial charge on any atom is -0.474 e. The predicted molar refractivity (Wildman–Crippen MR) is 179 cm³/mol. The van der Waals surface area contributed by atoms with E-state index in [1.807, 2.05) is 66.6 Å². The molecule has 1 saturated heterocycles. The lowest BCUT2D eigenvalue weighted by Crippen LogP contribution is -2.37. The van der Waals surface area contributed by atoms with Crippen LogP contribution in [0.4, 0.5) is 9.18 Å². The number of nitrogens with zero attached hydrogens (tertiary/aromatic N) is 5. The minimum absolute atomic E-state index is 0.0623. The largest absolute Gasteiger partial charge is 0.474 e. The van der Waals surface area contributed by atoms with Crippen LogP contribution >= 0.6 is 11.3 Å². The van der Waals surface area contributed by atoms with Gasteiger partial charge in [-0.25, -0.2) is 19.2 Å². The van der Waals surface area contributed by atoms with Crippen molar-refractivity contribution in [2.45, 2.75) is 32.0 Å². The number of alkyl carbamates (subject to hydrolysis) is 1. The number of amides is 2. The second-order valence-electron chi connectivity index (χ2n) is 12.9. The number of benzene rings is 2. The summed E-state index contributed by atoms with van der Waals surface area (Å²) in [6.07, 6.45) is -0.587. The van der Waals surface area contributed by atoms with E-state index in [0.29, 0.717) is 42.6 Å². The number of aryl methyl sites for hydroxylation is 1. The fraction of sp³-hybridized carbons (Fsp3) is 0.306. The summed E-state index contributed by atoms with van der Waals surface area (Å²) in [5.74, 6) is 0.430. The van der Waals surface area contributed by atoms with Crippen LogP contribution in [0.2, 0.25) is 0 Å². The number of halogens is 1. The monoisotopic (exact) mass is 666 g/mol. The topological polar surface area (TPSA) is 111 Å². The van der Waals surface area contributed by atoms with E-state index in [1.165, 1.54) is 23.5 Å². The number of carbonyl (C=O) groups is 2. The van der Waals surface area contributed by atoms with Crippen LogP contribution < -0.4 is 10.1 Å². The summed E-state index contributed by atoms with van der Waals surface area (Å²) >= 11 is 1.49. The molecule has 12 heteroatoms. The molecule has 7 rings (SSSR count). The van der Waals surface area contributed by atoms with E-state index in [1.54, 1.807) is 35.4 Å². The lowest BCUT2D eigenvalue weighted by Gasteiger charge is -2.27. The molecule has 2 fully saturated rings. The zero-order valence-electron chi connectivity index (χ0n) is 26.8. The highest BCUT2D eigenvalue weighted by atomic mass is 32.1. The normalized spacial score (nSPS) is 18.3. The highest BCUT2D eigenvalue weighted by Gasteiger charge is 2.59. The first-order valence-corrected chi connectivity index (χ1v) is 16.7. The fourth-order valence-corrected chi connectivity index (χ4v) is 6.69. The number of piperidine rings is 1. The molecule has 1 aliphatic carbocycles. The van der Waals surface area contributed by atoms with Gasteiger partial charge in [-0.05, 0) is 47.5 Å². The van der Waals surface area contributed by atoms with E-state index in [2.05, 4.69) is 15.4 Å². The van der Waals surface area contributed by atoms with Crippen LogP contribution in [0, 0.1) is 17.7 Å². The SMILES string of the molecule is Cn1nc(-c2cscn2)cc1C(=O)N1C[C@@H]2[C@H](C1)[C@@H]2Oc1cc(C(C)(C)CNC(=O)OCc2ccccc2)cc(-c2ccc(F)cc2)n1. The van der Waals surface area contributed by atoms with Crippen LogP contribution in [0.15, 0.2) is 83.7 Å². The minimum atomic E-state index is -0.523. The van der Waals surface area contributed by atoms with Crippen molar-refractivity contribution in [2.24, 2.45) is 18.9 Å². The molecule has 48 heavy (non-hydrogen) atoms. The number of ether oxygens (including phenoxy) is 2. The molecule has 2 aromatic carbocycles. The third-order valence-corrected chi connectivity index (χ3v) is 9.65. The number of fused-ring (bicyclic) bond motifs is 1. The molecule has 0 unspecified atom stereocenters. The maximum Gasteiger partial charge on any atom is 0.407 e. The molecular weight excluding hydrogens is 631 g/mol. The van der Waals surface area contributed by atoms with Crippen molar-refractivity contribution in [2.75, 3.05) is 19.6 Å². The molecule has 4 heterocycles. The summed E-state index contributed by atoms with van der Waals surface area (Å²) in [5.41, 5.74) is 6.36. The summed E-state index contributed by atoms with van der Waals surface area (Å²) in [5, 5.41) is 9.28. The molecule has 1 N–H and O–H groups in total. The smallest absolute Gasteiger partial charge is 0.407 e. The van der Waals surface area contributed by atoms with Crippen molar-refractivity contribution in [3.8, 4) is 28.5 Å². The maximum absolute atomic E-state index is 13.8. The van der Waals surface area contributed by atoms with E-state index in [9.17, 15) is 14.0 Å². The molecule has 5 aromatic rings. The van der Waals surface area contributed by atoms with E-state index in [-0.39, 0.29) is 36.3 Å². The van der Waals surface area contributed by atoms with Gasteiger partial charge in [0.2, 0.25) is 5.88 Å². The number of nitrogens with one attached hydrogen (secondary N) is 1. The standard InChI is InChI=1S/C36H35FN6O4S/c1-36(2,20-38-35(45)46-18-22-7-5-4-6-8-22)24-13-28(23-9-11-25(37)12-10-23)40-32(14-24)47-33-26-16-43(17-27(26)33)34(44)31-15-29(41-42(31)3)30-19-48-21-39-30/h4-15,19,21,26-27,33H,16-18,20H2,1-3H3,(H,38,45)/t26-,27+,33-. The summed E-state index contributed by atoms with van der Waals surface area (Å²) in [4.78, 5) is 36.9. The van der Waals surface area contributed by atoms with E-state index < -0.39 is 11.5 Å². The van der Waals surface area contributed by atoms with Gasteiger partial charge in [0.05, 0.1) is 11.2 Å². The van der Waals surface area contributed by atoms with Gasteiger partial charge in [0.1, 0.15) is 35.6 Å². The summed E-state index contributed by atoms with van der Waals surface area (Å²) in [6.45, 7) is 5.68. The van der Waals surface area contributed by atoms with E-state index in [4.69, 9.17) is 14.5 Å². The van der Waals surface area contributed by atoms with Gasteiger partial charge in [-0.15, -0.1) is 11.3 Å². The third-order valence-electron chi connectivity index (χ3n) is 9.06. The first-order valence-electron chi connectivity index (χ1n) is 15.8. The Bertz CT molecular complexity index is 1920. The van der Waals surface area contributed by atoms with Crippen molar-refractivity contribution < 1.29 is 23.5 Å². The number of pyridine rings is 1. The Labute approximate surface area is 281 Å². The van der Waals surface area contributed by atoms with Gasteiger partial charge in [0, 0.05) is 60.9 Å². The van der Waals surface area contributed by atoms with Crippen LogP contribution in [0.1, 0.15) is 35.5 Å². The van der Waals surface area contributed by atoms with Gasteiger partial charge < -0.3 is 19.7 Å². The Morgan fingerprint density at radius 1 is 1.00 bits per heavy atom. The summed E-state index contributed by atoms with van der Waals surface area (Å²) in [7, 11) is 1.77. The number of likely N-dealkylation sites (tertiary alicyclic amines) is 1. The molecule has 0 bridgehead atoms. The highest BCUT2D eigenvalue weighted by Crippen LogP contribution is 2.48. The van der Waals surface area contributed by atoms with Crippen LogP contribution in [0.3, 0.4) is 0 Å². The van der Waals surface area contributed by atoms with E-state index in [0.717, 1.165) is 22.4 Å². The lowest BCUT2D eigenvalue weighted by molar-refractivity contribution is 0.0740. The second kappa shape index (κ2) is 12.8. The van der Waals surface area contributed by atoms with Crippen molar-refractivity contribution in [3.05, 3.63) is 106 Å². The molecule has 2 amide bonds. The average Bonchev–Trinajstić information content (AvgIpc) is 3.60. The van der Waals surface area contributed by atoms with Gasteiger partial charge in [-0.3, -0.25) is 9.48 Å². The number of hydrogen-bond donors (Lipinski definition) is 1. The van der Waals surface area contributed by atoms with Gasteiger partial charge >= 0.3 is 6.09 Å². The van der Waals surface area contributed by atoms with Crippen molar-refractivity contribution >= 4 is 23.3 Å². The average molecular weight is 667 g/mol. The van der Waals surface area contributed by atoms with Crippen LogP contribution in [-0.2, 0) is 23.8 Å². The number of carbonyl (C=O) groups excluding carboxylic acids is 2. The quantitative estimate of drug-likeness (QED) is 0.192. The number of thiazole rings is 1. The van der Waals surface area contributed by atoms with Crippen molar-refractivity contribution in [3.63, 3.8) is 0 Å². The zero-order valence-corrected chi connectivity index (χ0v) is 27.6. The molecule has 3 aromatic heterocycles. The molecule has 3 atom stereocenters. The Morgan fingerprint density at radius 2 is 1.75 bits per heavy atom. The molecule has 1 saturated carbocycles. The van der Waals surface area contributed by atoms with Gasteiger partial charge in [-0.1, -0.05) is 44.2 Å².